The first-order valence-corrected chi connectivity index (χ1v) is 10.9. The van der Waals surface area contributed by atoms with Crippen molar-refractivity contribution in [3.05, 3.63) is 98.4 Å². The van der Waals surface area contributed by atoms with Gasteiger partial charge in [0, 0.05) is 50.0 Å². The highest BCUT2D eigenvalue weighted by Crippen LogP contribution is 2.36. The zero-order chi connectivity index (χ0) is 21.8. The molecule has 0 saturated carbocycles. The third-order valence-corrected chi connectivity index (χ3v) is 6.22. The summed E-state index contributed by atoms with van der Waals surface area (Å²) < 4.78 is 1.74. The van der Waals surface area contributed by atoms with Crippen LogP contribution in [0.4, 0.5) is 5.69 Å². The molecule has 0 unspecified atom stereocenters. The summed E-state index contributed by atoms with van der Waals surface area (Å²) in [5.74, 6) is 0. The van der Waals surface area contributed by atoms with Gasteiger partial charge in [0.1, 0.15) is 0 Å². The van der Waals surface area contributed by atoms with Crippen molar-refractivity contribution in [1.82, 2.24) is 9.47 Å². The molecular weight excluding hydrogens is 431 g/mol. The molecule has 7 heteroatoms. The molecule has 1 aliphatic rings. The van der Waals surface area contributed by atoms with Crippen molar-refractivity contribution in [2.45, 2.75) is 12.6 Å². The second kappa shape index (κ2) is 9.57. The minimum atomic E-state index is 0.0137. The van der Waals surface area contributed by atoms with E-state index in [4.69, 9.17) is 28.5 Å². The molecule has 31 heavy (non-hydrogen) atoms. The van der Waals surface area contributed by atoms with Crippen LogP contribution in [-0.2, 0) is 6.54 Å². The maximum atomic E-state index is 12.0. The molecule has 4 rings (SSSR count). The van der Waals surface area contributed by atoms with E-state index in [2.05, 4.69) is 15.9 Å². The summed E-state index contributed by atoms with van der Waals surface area (Å²) in [6.07, 6.45) is 1.83. The molecule has 1 fully saturated rings. The van der Waals surface area contributed by atoms with Gasteiger partial charge in [-0.1, -0.05) is 41.4 Å². The van der Waals surface area contributed by atoms with E-state index < -0.39 is 0 Å². The van der Waals surface area contributed by atoms with E-state index in [-0.39, 0.29) is 11.6 Å². The van der Waals surface area contributed by atoms with E-state index in [1.165, 1.54) is 0 Å². The van der Waals surface area contributed by atoms with Crippen molar-refractivity contribution in [2.24, 2.45) is 0 Å². The predicted molar refractivity (Wildman–Crippen MR) is 125 cm³/mol. The first-order chi connectivity index (χ1) is 15.0. The molecule has 1 saturated heterocycles. The number of anilines is 1. The minimum absolute atomic E-state index is 0.0137. The van der Waals surface area contributed by atoms with Crippen molar-refractivity contribution in [3.8, 4) is 6.07 Å². The molecule has 2 aromatic carbocycles. The zero-order valence-electron chi connectivity index (χ0n) is 16.9. The van der Waals surface area contributed by atoms with Crippen molar-refractivity contribution >= 4 is 28.9 Å². The third kappa shape index (κ3) is 4.94. The standard InChI is InChI=1S/C24H22Cl2N4O/c25-20-7-5-19(6-8-20)23-17-28(11-13-29-10-2-1-3-24(29)31)12-14-30(23)22-9-4-18(16-27)15-21(22)26/h1-10,15,23H,11-14,17H2/t23-/m0/s1. The van der Waals surface area contributed by atoms with Crippen LogP contribution in [0.2, 0.25) is 10.0 Å². The van der Waals surface area contributed by atoms with Crippen molar-refractivity contribution in [1.29, 1.82) is 5.26 Å². The molecule has 0 bridgehead atoms. The van der Waals surface area contributed by atoms with Crippen molar-refractivity contribution in [3.63, 3.8) is 0 Å². The molecule has 158 valence electrons. The molecule has 0 N–H and O–H groups in total. The fourth-order valence-electron chi connectivity index (χ4n) is 4.01. The molecule has 1 atom stereocenters. The summed E-state index contributed by atoms with van der Waals surface area (Å²) in [6, 6.07) is 20.8. The summed E-state index contributed by atoms with van der Waals surface area (Å²) in [4.78, 5) is 16.7. The van der Waals surface area contributed by atoms with E-state index in [1.54, 1.807) is 28.8 Å². The fourth-order valence-corrected chi connectivity index (χ4v) is 4.42. The highest BCUT2D eigenvalue weighted by molar-refractivity contribution is 6.33. The van der Waals surface area contributed by atoms with Crippen LogP contribution in [0.15, 0.2) is 71.7 Å². The van der Waals surface area contributed by atoms with Gasteiger partial charge in [0.05, 0.1) is 28.4 Å². The Morgan fingerprint density at radius 2 is 1.81 bits per heavy atom. The van der Waals surface area contributed by atoms with E-state index in [0.29, 0.717) is 22.2 Å². The maximum Gasteiger partial charge on any atom is 0.250 e. The number of aromatic nitrogens is 1. The lowest BCUT2D eigenvalue weighted by molar-refractivity contribution is 0.215. The van der Waals surface area contributed by atoms with Gasteiger partial charge in [0.15, 0.2) is 0 Å². The predicted octanol–water partition coefficient (Wildman–Crippen LogP) is 4.59. The summed E-state index contributed by atoms with van der Waals surface area (Å²) >= 11 is 12.7. The number of nitrogens with zero attached hydrogens (tertiary/aromatic N) is 4. The topological polar surface area (TPSA) is 52.3 Å². The number of rotatable bonds is 5. The zero-order valence-corrected chi connectivity index (χ0v) is 18.4. The summed E-state index contributed by atoms with van der Waals surface area (Å²) in [6.45, 7) is 3.84. The molecule has 3 aromatic rings. The Morgan fingerprint density at radius 3 is 2.52 bits per heavy atom. The Hall–Kier alpha value is -2.78. The number of hydrogen-bond donors (Lipinski definition) is 0. The van der Waals surface area contributed by atoms with Gasteiger partial charge >= 0.3 is 0 Å². The smallest absolute Gasteiger partial charge is 0.250 e. The number of benzene rings is 2. The second-order valence-electron chi connectivity index (χ2n) is 7.57. The second-order valence-corrected chi connectivity index (χ2v) is 8.42. The number of hydrogen-bond acceptors (Lipinski definition) is 4. The van der Waals surface area contributed by atoms with Gasteiger partial charge < -0.3 is 9.47 Å². The molecule has 1 aromatic heterocycles. The average Bonchev–Trinajstić information content (AvgIpc) is 2.79. The number of nitriles is 1. The Balaban J connectivity index is 1.58. The van der Waals surface area contributed by atoms with Gasteiger partial charge in [-0.3, -0.25) is 9.69 Å². The molecule has 0 aliphatic carbocycles. The number of piperazine rings is 1. The number of halogens is 2. The van der Waals surface area contributed by atoms with E-state index in [0.717, 1.165) is 37.4 Å². The minimum Gasteiger partial charge on any atom is -0.361 e. The van der Waals surface area contributed by atoms with Gasteiger partial charge in [-0.25, -0.2) is 0 Å². The molecular formula is C24H22Cl2N4O. The molecule has 0 radical (unpaired) electrons. The van der Waals surface area contributed by atoms with Gasteiger partial charge in [0.25, 0.3) is 5.56 Å². The third-order valence-electron chi connectivity index (χ3n) is 5.66. The number of pyridine rings is 1. The average molecular weight is 453 g/mol. The van der Waals surface area contributed by atoms with Crippen LogP contribution in [0.5, 0.6) is 0 Å². The van der Waals surface area contributed by atoms with Gasteiger partial charge in [0.2, 0.25) is 0 Å². The van der Waals surface area contributed by atoms with Crippen LogP contribution in [0.1, 0.15) is 17.2 Å². The summed E-state index contributed by atoms with van der Waals surface area (Å²) in [5, 5.41) is 10.4. The molecule has 2 heterocycles. The Morgan fingerprint density at radius 1 is 1.00 bits per heavy atom. The molecule has 0 spiro atoms. The highest BCUT2D eigenvalue weighted by Gasteiger charge is 2.29. The lowest BCUT2D eigenvalue weighted by Gasteiger charge is -2.43. The lowest BCUT2D eigenvalue weighted by Crippen LogP contribution is -2.49. The first kappa shape index (κ1) is 21.5. The van der Waals surface area contributed by atoms with Crippen LogP contribution in [0.3, 0.4) is 0 Å². The molecule has 5 nitrogen and oxygen atoms in total. The van der Waals surface area contributed by atoms with Gasteiger partial charge in [-0.2, -0.15) is 5.26 Å². The molecule has 1 aliphatic heterocycles. The summed E-state index contributed by atoms with van der Waals surface area (Å²) in [5.41, 5.74) is 2.62. The van der Waals surface area contributed by atoms with Crippen LogP contribution < -0.4 is 10.5 Å². The quantitative estimate of drug-likeness (QED) is 0.567. The Kier molecular flexibility index (Phi) is 6.62. The Bertz CT molecular complexity index is 1150. The van der Waals surface area contributed by atoms with Crippen LogP contribution in [0, 0.1) is 11.3 Å². The van der Waals surface area contributed by atoms with Crippen molar-refractivity contribution < 1.29 is 0 Å². The SMILES string of the molecule is N#Cc1ccc(N2CCN(CCn3ccccc3=O)C[C@H]2c2ccc(Cl)cc2)c(Cl)c1. The van der Waals surface area contributed by atoms with Crippen LogP contribution in [0.25, 0.3) is 0 Å². The van der Waals surface area contributed by atoms with E-state index in [9.17, 15) is 4.79 Å². The monoisotopic (exact) mass is 452 g/mol. The van der Waals surface area contributed by atoms with Gasteiger partial charge in [-0.05, 0) is 42.0 Å². The lowest BCUT2D eigenvalue weighted by atomic mass is 10.0. The fraction of sp³-hybridized carbons (Fsp3) is 0.250. The first-order valence-electron chi connectivity index (χ1n) is 10.1. The Labute approximate surface area is 191 Å². The largest absolute Gasteiger partial charge is 0.361 e. The highest BCUT2D eigenvalue weighted by atomic mass is 35.5. The van der Waals surface area contributed by atoms with Crippen LogP contribution in [-0.4, -0.2) is 35.6 Å². The normalized spacial score (nSPS) is 16.8. The molecule has 0 amide bonds. The van der Waals surface area contributed by atoms with E-state index in [1.807, 2.05) is 42.6 Å². The van der Waals surface area contributed by atoms with Crippen molar-refractivity contribution in [2.75, 3.05) is 31.1 Å². The van der Waals surface area contributed by atoms with Crippen LogP contribution >= 0.6 is 23.2 Å². The maximum absolute atomic E-state index is 12.0. The summed E-state index contributed by atoms with van der Waals surface area (Å²) in [7, 11) is 0. The van der Waals surface area contributed by atoms with E-state index >= 15 is 0 Å². The van der Waals surface area contributed by atoms with Gasteiger partial charge in [-0.15, -0.1) is 0 Å².